The van der Waals surface area contributed by atoms with Crippen LogP contribution in [0.5, 0.6) is 0 Å². The summed E-state index contributed by atoms with van der Waals surface area (Å²) in [6, 6.07) is 20.5. The number of anilines is 1. The first kappa shape index (κ1) is 21.2. The van der Waals surface area contributed by atoms with E-state index in [4.69, 9.17) is 9.47 Å². The van der Waals surface area contributed by atoms with E-state index >= 15 is 0 Å². The fourth-order valence-electron chi connectivity index (χ4n) is 3.66. The van der Waals surface area contributed by atoms with Crippen molar-refractivity contribution in [2.75, 3.05) is 18.1 Å². The van der Waals surface area contributed by atoms with Crippen molar-refractivity contribution in [3.63, 3.8) is 0 Å². The molecule has 0 N–H and O–H groups in total. The molecule has 1 saturated heterocycles. The van der Waals surface area contributed by atoms with Crippen LogP contribution in [0.4, 0.5) is 10.5 Å². The van der Waals surface area contributed by atoms with E-state index in [0.29, 0.717) is 13.2 Å². The number of hydrogen-bond acceptors (Lipinski definition) is 4. The van der Waals surface area contributed by atoms with E-state index in [-0.39, 0.29) is 12.1 Å². The second-order valence-corrected chi connectivity index (χ2v) is 8.96. The molecule has 3 rings (SSSR count). The summed E-state index contributed by atoms with van der Waals surface area (Å²) < 4.78 is 11.7. The van der Waals surface area contributed by atoms with Crippen molar-refractivity contribution in [3.05, 3.63) is 66.2 Å². The third-order valence-corrected chi connectivity index (χ3v) is 4.93. The van der Waals surface area contributed by atoms with E-state index in [0.717, 1.165) is 12.2 Å². The number of benzene rings is 2. The van der Waals surface area contributed by atoms with E-state index in [2.05, 4.69) is 29.2 Å². The van der Waals surface area contributed by atoms with Crippen molar-refractivity contribution in [3.8, 4) is 0 Å². The molecule has 5 heteroatoms. The molecule has 0 spiro atoms. The highest BCUT2D eigenvalue weighted by Gasteiger charge is 2.46. The third kappa shape index (κ3) is 5.51. The maximum Gasteiger partial charge on any atom is 0.412 e. The number of ether oxygens (including phenoxy) is 2. The van der Waals surface area contributed by atoms with Gasteiger partial charge in [-0.1, -0.05) is 48.5 Å². The lowest BCUT2D eigenvalue weighted by atomic mass is 10.1. The quantitative estimate of drug-likeness (QED) is 0.708. The molecular weight excluding hydrogens is 364 g/mol. The Morgan fingerprint density at radius 1 is 1.10 bits per heavy atom. The second kappa shape index (κ2) is 8.46. The Morgan fingerprint density at radius 3 is 2.28 bits per heavy atom. The molecule has 0 radical (unpaired) electrons. The molecule has 0 saturated carbocycles. The Bertz CT molecular complexity index is 800. The summed E-state index contributed by atoms with van der Waals surface area (Å²) in [7, 11) is 0. The van der Waals surface area contributed by atoms with Gasteiger partial charge in [0.2, 0.25) is 0 Å². The molecule has 1 aliphatic rings. The highest BCUT2D eigenvalue weighted by molar-refractivity contribution is 5.70. The first-order valence-electron chi connectivity index (χ1n) is 10.2. The predicted molar refractivity (Wildman–Crippen MR) is 116 cm³/mol. The molecule has 0 bridgehead atoms. The molecule has 2 aromatic carbocycles. The summed E-state index contributed by atoms with van der Waals surface area (Å²) in [4.78, 5) is 17.0. The lowest BCUT2D eigenvalue weighted by Gasteiger charge is -2.37. The average molecular weight is 397 g/mol. The Labute approximate surface area is 174 Å². The van der Waals surface area contributed by atoms with E-state index in [1.54, 1.807) is 4.90 Å². The second-order valence-electron chi connectivity index (χ2n) is 8.96. The number of hydrogen-bond donors (Lipinski definition) is 0. The van der Waals surface area contributed by atoms with Gasteiger partial charge < -0.3 is 14.4 Å². The van der Waals surface area contributed by atoms with Gasteiger partial charge in [0.15, 0.2) is 0 Å². The smallest absolute Gasteiger partial charge is 0.412 e. The number of rotatable bonds is 5. The minimum Gasteiger partial charge on any atom is -0.444 e. The SMILES string of the molecule is CC(C)(C)OC(=O)N1C(CN(Cc2ccccc2)c2ccccc2)COC1(C)C. The van der Waals surface area contributed by atoms with Crippen LogP contribution in [0, 0.1) is 0 Å². The molecule has 1 unspecified atom stereocenters. The maximum atomic E-state index is 13.0. The van der Waals surface area contributed by atoms with Crippen LogP contribution in [0.1, 0.15) is 40.2 Å². The monoisotopic (exact) mass is 396 g/mol. The largest absolute Gasteiger partial charge is 0.444 e. The van der Waals surface area contributed by atoms with Gasteiger partial charge in [0, 0.05) is 18.8 Å². The zero-order chi connectivity index (χ0) is 21.1. The van der Waals surface area contributed by atoms with Gasteiger partial charge in [0.1, 0.15) is 11.3 Å². The Balaban J connectivity index is 1.84. The molecule has 2 aromatic rings. The van der Waals surface area contributed by atoms with Crippen LogP contribution in [-0.2, 0) is 16.0 Å². The van der Waals surface area contributed by atoms with Crippen molar-refractivity contribution in [1.29, 1.82) is 0 Å². The first-order chi connectivity index (χ1) is 13.7. The minimum atomic E-state index is -0.706. The van der Waals surface area contributed by atoms with Gasteiger partial charge in [-0.3, -0.25) is 4.90 Å². The molecule has 1 amide bonds. The van der Waals surface area contributed by atoms with Crippen LogP contribution >= 0.6 is 0 Å². The predicted octanol–water partition coefficient (Wildman–Crippen LogP) is 5.07. The minimum absolute atomic E-state index is 0.108. The van der Waals surface area contributed by atoms with Gasteiger partial charge in [-0.15, -0.1) is 0 Å². The lowest BCUT2D eigenvalue weighted by Crippen LogP contribution is -2.53. The van der Waals surface area contributed by atoms with Crippen LogP contribution in [-0.4, -0.2) is 41.5 Å². The number of amides is 1. The number of nitrogens with zero attached hydrogens (tertiary/aromatic N) is 2. The van der Waals surface area contributed by atoms with Crippen molar-refractivity contribution in [2.24, 2.45) is 0 Å². The van der Waals surface area contributed by atoms with Gasteiger partial charge in [0.05, 0.1) is 12.6 Å². The summed E-state index contributed by atoms with van der Waals surface area (Å²) in [6.45, 7) is 11.4. The highest BCUT2D eigenvalue weighted by atomic mass is 16.6. The van der Waals surface area contributed by atoms with Crippen LogP contribution in [0.25, 0.3) is 0 Å². The summed E-state index contributed by atoms with van der Waals surface area (Å²) in [6.07, 6.45) is -0.335. The summed E-state index contributed by atoms with van der Waals surface area (Å²) in [5, 5.41) is 0. The van der Waals surface area contributed by atoms with Crippen LogP contribution in [0.3, 0.4) is 0 Å². The van der Waals surface area contributed by atoms with Crippen molar-refractivity contribution < 1.29 is 14.3 Å². The molecule has 1 heterocycles. The third-order valence-electron chi connectivity index (χ3n) is 4.93. The fourth-order valence-corrected chi connectivity index (χ4v) is 3.66. The van der Waals surface area contributed by atoms with Crippen molar-refractivity contribution in [1.82, 2.24) is 4.90 Å². The number of para-hydroxylation sites is 1. The topological polar surface area (TPSA) is 42.0 Å². The summed E-state index contributed by atoms with van der Waals surface area (Å²) in [5.74, 6) is 0. The van der Waals surface area contributed by atoms with Gasteiger partial charge in [-0.25, -0.2) is 4.79 Å². The van der Waals surface area contributed by atoms with Crippen LogP contribution in [0.2, 0.25) is 0 Å². The van der Waals surface area contributed by atoms with Crippen LogP contribution < -0.4 is 4.90 Å². The molecule has 0 aromatic heterocycles. The summed E-state index contributed by atoms with van der Waals surface area (Å²) in [5.41, 5.74) is 1.08. The molecule has 1 aliphatic heterocycles. The van der Waals surface area contributed by atoms with Gasteiger partial charge in [-0.05, 0) is 52.3 Å². The molecule has 1 atom stereocenters. The molecule has 156 valence electrons. The molecule has 0 aliphatic carbocycles. The van der Waals surface area contributed by atoms with E-state index < -0.39 is 11.3 Å². The Kier molecular flexibility index (Phi) is 6.18. The molecular formula is C24H32N2O3. The fraction of sp³-hybridized carbons (Fsp3) is 0.458. The first-order valence-corrected chi connectivity index (χ1v) is 10.2. The van der Waals surface area contributed by atoms with E-state index in [9.17, 15) is 4.79 Å². The van der Waals surface area contributed by atoms with Crippen molar-refractivity contribution in [2.45, 2.75) is 58.5 Å². The normalized spacial score (nSPS) is 18.5. The summed E-state index contributed by atoms with van der Waals surface area (Å²) >= 11 is 0. The van der Waals surface area contributed by atoms with E-state index in [1.165, 1.54) is 5.56 Å². The van der Waals surface area contributed by atoms with Gasteiger partial charge in [-0.2, -0.15) is 0 Å². The molecule has 1 fully saturated rings. The average Bonchev–Trinajstić information content (AvgIpc) is 2.95. The zero-order valence-corrected chi connectivity index (χ0v) is 18.1. The van der Waals surface area contributed by atoms with Crippen LogP contribution in [0.15, 0.2) is 60.7 Å². The number of carbonyl (C=O) groups excluding carboxylic acids is 1. The zero-order valence-electron chi connectivity index (χ0n) is 18.1. The Hall–Kier alpha value is -2.53. The Morgan fingerprint density at radius 2 is 1.69 bits per heavy atom. The molecule has 29 heavy (non-hydrogen) atoms. The lowest BCUT2D eigenvalue weighted by molar-refractivity contribution is -0.0621. The van der Waals surface area contributed by atoms with E-state index in [1.807, 2.05) is 71.0 Å². The van der Waals surface area contributed by atoms with Crippen molar-refractivity contribution >= 4 is 11.8 Å². The standard InChI is InChI=1S/C24H32N2O3/c1-23(2,3)29-22(27)26-21(18-28-24(26,4)5)17-25(20-14-10-7-11-15-20)16-19-12-8-6-9-13-19/h6-15,21H,16-18H2,1-5H3. The number of carbonyl (C=O) groups is 1. The van der Waals surface area contributed by atoms with Gasteiger partial charge in [0.25, 0.3) is 0 Å². The highest BCUT2D eigenvalue weighted by Crippen LogP contribution is 2.31. The maximum absolute atomic E-state index is 13.0. The van der Waals surface area contributed by atoms with Gasteiger partial charge >= 0.3 is 6.09 Å². The molecule has 5 nitrogen and oxygen atoms in total.